The first kappa shape index (κ1) is 15.3. The summed E-state index contributed by atoms with van der Waals surface area (Å²) in [5, 5.41) is 2.04. The summed E-state index contributed by atoms with van der Waals surface area (Å²) in [7, 11) is 0. The van der Waals surface area contributed by atoms with Crippen LogP contribution in [0.1, 0.15) is 15.9 Å². The average Bonchev–Trinajstić information content (AvgIpc) is 2.43. The van der Waals surface area contributed by atoms with E-state index in [1.54, 1.807) is 24.3 Å². The van der Waals surface area contributed by atoms with Crippen LogP contribution in [0.15, 0.2) is 36.4 Å². The second-order valence-electron chi connectivity index (χ2n) is 4.11. The van der Waals surface area contributed by atoms with Crippen molar-refractivity contribution >= 4 is 40.4 Å². The minimum absolute atomic E-state index is 0.0775. The molecule has 0 bridgehead atoms. The number of nitrogens with one attached hydrogen (secondary N) is 1. The van der Waals surface area contributed by atoms with Crippen LogP contribution in [0, 0.1) is 11.6 Å². The van der Waals surface area contributed by atoms with E-state index in [2.05, 4.69) is 5.32 Å². The van der Waals surface area contributed by atoms with Gasteiger partial charge in [0.2, 0.25) is 0 Å². The molecule has 0 aliphatic carbocycles. The summed E-state index contributed by atoms with van der Waals surface area (Å²) in [5.41, 5.74) is 5.80. The largest absolute Gasteiger partial charge is 0.389 e. The first-order valence-corrected chi connectivity index (χ1v) is 6.53. The number of thiocarbonyl (C=S) groups is 1. The van der Waals surface area contributed by atoms with E-state index in [0.29, 0.717) is 11.3 Å². The maximum atomic E-state index is 13.7. The molecule has 21 heavy (non-hydrogen) atoms. The van der Waals surface area contributed by atoms with Gasteiger partial charge in [-0.3, -0.25) is 4.79 Å². The molecule has 108 valence electrons. The van der Waals surface area contributed by atoms with Crippen molar-refractivity contribution in [1.29, 1.82) is 0 Å². The number of carbonyl (C=O) groups excluding carboxylic acids is 1. The third-order valence-corrected chi connectivity index (χ3v) is 3.20. The molecule has 0 atom stereocenters. The molecule has 7 heteroatoms. The van der Waals surface area contributed by atoms with E-state index in [1.807, 2.05) is 0 Å². The predicted octanol–water partition coefficient (Wildman–Crippen LogP) is 3.50. The van der Waals surface area contributed by atoms with Crippen molar-refractivity contribution < 1.29 is 13.6 Å². The molecule has 0 heterocycles. The van der Waals surface area contributed by atoms with Gasteiger partial charge in [0.25, 0.3) is 5.91 Å². The Bertz CT molecular complexity index is 737. The van der Waals surface area contributed by atoms with E-state index >= 15 is 0 Å². The van der Waals surface area contributed by atoms with Crippen molar-refractivity contribution in [2.75, 3.05) is 5.32 Å². The van der Waals surface area contributed by atoms with E-state index in [4.69, 9.17) is 29.6 Å². The third-order valence-electron chi connectivity index (χ3n) is 2.70. The number of rotatable bonds is 3. The van der Waals surface area contributed by atoms with Crippen LogP contribution < -0.4 is 11.1 Å². The molecule has 0 spiro atoms. The molecule has 2 aromatic rings. The van der Waals surface area contributed by atoms with Gasteiger partial charge >= 0.3 is 0 Å². The Kier molecular flexibility index (Phi) is 4.50. The maximum absolute atomic E-state index is 13.7. The number of nitrogens with two attached hydrogens (primary N) is 1. The lowest BCUT2D eigenvalue weighted by atomic mass is 10.1. The van der Waals surface area contributed by atoms with Crippen LogP contribution in [0.25, 0.3) is 0 Å². The van der Waals surface area contributed by atoms with Crippen LogP contribution in [0.5, 0.6) is 0 Å². The lowest BCUT2D eigenvalue weighted by Crippen LogP contribution is -2.18. The molecule has 0 aromatic heterocycles. The van der Waals surface area contributed by atoms with E-state index in [0.717, 1.165) is 12.1 Å². The van der Waals surface area contributed by atoms with Crippen molar-refractivity contribution in [1.82, 2.24) is 0 Å². The van der Waals surface area contributed by atoms with Crippen LogP contribution in [-0.2, 0) is 0 Å². The Morgan fingerprint density at radius 1 is 1.14 bits per heavy atom. The van der Waals surface area contributed by atoms with Crippen molar-refractivity contribution in [3.8, 4) is 0 Å². The van der Waals surface area contributed by atoms with Crippen LogP contribution >= 0.6 is 23.8 Å². The molecule has 0 aliphatic rings. The summed E-state index contributed by atoms with van der Waals surface area (Å²) in [4.78, 5) is 12.1. The molecular weight excluding hydrogens is 318 g/mol. The Morgan fingerprint density at radius 3 is 2.48 bits per heavy atom. The lowest BCUT2D eigenvalue weighted by Gasteiger charge is -2.10. The second-order valence-corrected chi connectivity index (χ2v) is 4.96. The molecule has 0 fully saturated rings. The summed E-state index contributed by atoms with van der Waals surface area (Å²) in [6, 6.07) is 7.97. The van der Waals surface area contributed by atoms with E-state index in [9.17, 15) is 13.6 Å². The summed E-state index contributed by atoms with van der Waals surface area (Å²) < 4.78 is 27.0. The van der Waals surface area contributed by atoms with Gasteiger partial charge in [-0.2, -0.15) is 0 Å². The van der Waals surface area contributed by atoms with E-state index < -0.39 is 28.1 Å². The van der Waals surface area contributed by atoms with Crippen molar-refractivity contribution in [3.05, 3.63) is 64.2 Å². The van der Waals surface area contributed by atoms with Gasteiger partial charge in [-0.05, 0) is 24.3 Å². The summed E-state index contributed by atoms with van der Waals surface area (Å²) >= 11 is 10.3. The van der Waals surface area contributed by atoms with Crippen LogP contribution in [-0.4, -0.2) is 10.9 Å². The summed E-state index contributed by atoms with van der Waals surface area (Å²) in [5.74, 6) is -2.63. The highest BCUT2D eigenvalue weighted by molar-refractivity contribution is 7.80. The zero-order chi connectivity index (χ0) is 15.6. The van der Waals surface area contributed by atoms with Gasteiger partial charge in [-0.15, -0.1) is 0 Å². The van der Waals surface area contributed by atoms with Crippen molar-refractivity contribution in [2.45, 2.75) is 0 Å². The fourth-order valence-electron chi connectivity index (χ4n) is 1.69. The van der Waals surface area contributed by atoms with Crippen molar-refractivity contribution in [3.63, 3.8) is 0 Å². The fraction of sp³-hybridized carbons (Fsp3) is 0. The zero-order valence-corrected chi connectivity index (χ0v) is 12.1. The van der Waals surface area contributed by atoms with Gasteiger partial charge in [0.1, 0.15) is 16.6 Å². The molecule has 0 unspecified atom stereocenters. The minimum atomic E-state index is -0.924. The quantitative estimate of drug-likeness (QED) is 0.670. The molecule has 0 radical (unpaired) electrons. The van der Waals surface area contributed by atoms with Gasteiger partial charge in [-0.1, -0.05) is 36.0 Å². The molecule has 3 N–H and O–H groups in total. The normalized spacial score (nSPS) is 10.2. The molecule has 1 amide bonds. The monoisotopic (exact) mass is 326 g/mol. The van der Waals surface area contributed by atoms with Gasteiger partial charge in [0.15, 0.2) is 0 Å². The van der Waals surface area contributed by atoms with Crippen LogP contribution in [0.3, 0.4) is 0 Å². The molecule has 2 rings (SSSR count). The lowest BCUT2D eigenvalue weighted by molar-refractivity contribution is 0.102. The molecule has 2 aromatic carbocycles. The Hall–Kier alpha value is -2.05. The number of benzene rings is 2. The molecular formula is C14H9ClF2N2OS. The number of halogens is 3. The highest BCUT2D eigenvalue weighted by Crippen LogP contribution is 2.21. The SMILES string of the molecule is NC(=S)c1ccccc1NC(=O)c1cc(F)c(Cl)cc1F. The smallest absolute Gasteiger partial charge is 0.258 e. The standard InChI is InChI=1S/C14H9ClF2N2OS/c15-9-6-10(16)8(5-11(9)17)14(20)19-12-4-2-1-3-7(12)13(18)21/h1-6H,(H2,18,21)(H,19,20). The Balaban J connectivity index is 2.35. The maximum Gasteiger partial charge on any atom is 0.258 e. The van der Waals surface area contributed by atoms with Gasteiger partial charge in [0.05, 0.1) is 16.3 Å². The molecule has 3 nitrogen and oxygen atoms in total. The number of amides is 1. The summed E-state index contributed by atoms with van der Waals surface area (Å²) in [6.07, 6.45) is 0. The van der Waals surface area contributed by atoms with Crippen molar-refractivity contribution in [2.24, 2.45) is 5.73 Å². The highest BCUT2D eigenvalue weighted by atomic mass is 35.5. The van der Waals surface area contributed by atoms with E-state index in [1.165, 1.54) is 0 Å². The van der Waals surface area contributed by atoms with Gasteiger partial charge in [0, 0.05) is 5.56 Å². The number of hydrogen-bond acceptors (Lipinski definition) is 2. The third kappa shape index (κ3) is 3.34. The minimum Gasteiger partial charge on any atom is -0.389 e. The van der Waals surface area contributed by atoms with E-state index in [-0.39, 0.29) is 4.99 Å². The number of anilines is 1. The van der Waals surface area contributed by atoms with Gasteiger partial charge in [-0.25, -0.2) is 8.78 Å². The molecule has 0 saturated carbocycles. The predicted molar refractivity (Wildman–Crippen MR) is 81.7 cm³/mol. The fourth-order valence-corrected chi connectivity index (χ4v) is 2.02. The average molecular weight is 327 g/mol. The Labute approximate surface area is 129 Å². The number of carbonyl (C=O) groups is 1. The molecule has 0 saturated heterocycles. The first-order valence-electron chi connectivity index (χ1n) is 5.75. The number of hydrogen-bond donors (Lipinski definition) is 2. The summed E-state index contributed by atoms with van der Waals surface area (Å²) in [6.45, 7) is 0. The second kappa shape index (κ2) is 6.15. The topological polar surface area (TPSA) is 55.1 Å². The zero-order valence-electron chi connectivity index (χ0n) is 10.5. The molecule has 0 aliphatic heterocycles. The van der Waals surface area contributed by atoms with Crippen LogP contribution in [0.4, 0.5) is 14.5 Å². The van der Waals surface area contributed by atoms with Gasteiger partial charge < -0.3 is 11.1 Å². The first-order chi connectivity index (χ1) is 9.90. The Morgan fingerprint density at radius 2 is 1.81 bits per heavy atom. The van der Waals surface area contributed by atoms with Crippen LogP contribution in [0.2, 0.25) is 5.02 Å². The number of para-hydroxylation sites is 1. The highest BCUT2D eigenvalue weighted by Gasteiger charge is 2.17.